The highest BCUT2D eigenvalue weighted by molar-refractivity contribution is 6.58. The summed E-state index contributed by atoms with van der Waals surface area (Å²) in [5, 5.41) is 29.4. The standard InChI is InChI=1S/C13H14BNO3/c16-7-9-6-12(9)13-11-2-1-10(14(17)18)5-8(11)3-4-15-13/h1-5,9,12,16-18H,6-7H2/t9-,12+/m0/s1. The summed E-state index contributed by atoms with van der Waals surface area (Å²) in [5.41, 5.74) is 1.49. The largest absolute Gasteiger partial charge is 0.488 e. The van der Waals surface area contributed by atoms with Gasteiger partial charge < -0.3 is 15.2 Å². The molecule has 1 aliphatic rings. The first kappa shape index (κ1) is 11.7. The van der Waals surface area contributed by atoms with E-state index in [4.69, 9.17) is 15.2 Å². The number of hydrogen-bond acceptors (Lipinski definition) is 4. The molecule has 1 aromatic heterocycles. The zero-order chi connectivity index (χ0) is 12.7. The topological polar surface area (TPSA) is 73.6 Å². The van der Waals surface area contributed by atoms with Crippen molar-refractivity contribution >= 4 is 23.4 Å². The van der Waals surface area contributed by atoms with E-state index >= 15 is 0 Å². The van der Waals surface area contributed by atoms with Crippen LogP contribution in [-0.2, 0) is 0 Å². The van der Waals surface area contributed by atoms with E-state index in [0.29, 0.717) is 17.3 Å². The van der Waals surface area contributed by atoms with Crippen LogP contribution in [-0.4, -0.2) is 33.9 Å². The SMILES string of the molecule is OC[C@@H]1C[C@H]1c1nccc2cc(B(O)O)ccc12. The minimum absolute atomic E-state index is 0.205. The molecule has 1 aliphatic carbocycles. The number of aromatic nitrogens is 1. The normalized spacial score (nSPS) is 22.2. The maximum Gasteiger partial charge on any atom is 0.488 e. The van der Waals surface area contributed by atoms with E-state index < -0.39 is 7.12 Å². The van der Waals surface area contributed by atoms with Crippen molar-refractivity contribution in [3.63, 3.8) is 0 Å². The second-order valence-electron chi connectivity index (χ2n) is 4.84. The zero-order valence-electron chi connectivity index (χ0n) is 9.82. The van der Waals surface area contributed by atoms with Gasteiger partial charge in [-0.1, -0.05) is 18.2 Å². The van der Waals surface area contributed by atoms with Crippen molar-refractivity contribution in [2.75, 3.05) is 6.61 Å². The molecule has 0 radical (unpaired) electrons. The summed E-state index contributed by atoms with van der Waals surface area (Å²) in [5.74, 6) is 0.662. The number of pyridine rings is 1. The van der Waals surface area contributed by atoms with Crippen molar-refractivity contribution in [1.82, 2.24) is 4.98 Å². The molecule has 3 N–H and O–H groups in total. The van der Waals surface area contributed by atoms with E-state index in [1.165, 1.54) is 0 Å². The average molecular weight is 243 g/mol. The Morgan fingerprint density at radius 1 is 1.28 bits per heavy atom. The van der Waals surface area contributed by atoms with Gasteiger partial charge in [0.2, 0.25) is 0 Å². The lowest BCUT2D eigenvalue weighted by molar-refractivity contribution is 0.274. The first-order valence-corrected chi connectivity index (χ1v) is 6.06. The Morgan fingerprint density at radius 3 is 2.78 bits per heavy atom. The Bertz CT molecular complexity index is 587. The van der Waals surface area contributed by atoms with Gasteiger partial charge >= 0.3 is 7.12 Å². The van der Waals surface area contributed by atoms with Crippen molar-refractivity contribution < 1.29 is 15.2 Å². The quantitative estimate of drug-likeness (QED) is 0.664. The third-order valence-electron chi connectivity index (χ3n) is 3.63. The average Bonchev–Trinajstić information content (AvgIpc) is 3.16. The van der Waals surface area contributed by atoms with Gasteiger partial charge in [0, 0.05) is 24.1 Å². The first-order valence-electron chi connectivity index (χ1n) is 6.06. The van der Waals surface area contributed by atoms with Crippen molar-refractivity contribution in [2.45, 2.75) is 12.3 Å². The second-order valence-corrected chi connectivity index (χ2v) is 4.84. The van der Waals surface area contributed by atoms with Gasteiger partial charge in [0.15, 0.2) is 0 Å². The molecule has 0 amide bonds. The van der Waals surface area contributed by atoms with Gasteiger partial charge in [-0.3, -0.25) is 4.98 Å². The van der Waals surface area contributed by atoms with Crippen LogP contribution in [0.5, 0.6) is 0 Å². The van der Waals surface area contributed by atoms with Crippen molar-refractivity contribution in [2.24, 2.45) is 5.92 Å². The number of aliphatic hydroxyl groups is 1. The van der Waals surface area contributed by atoms with Gasteiger partial charge in [0.05, 0.1) is 5.69 Å². The summed E-state index contributed by atoms with van der Waals surface area (Å²) < 4.78 is 0. The van der Waals surface area contributed by atoms with E-state index in [-0.39, 0.29) is 6.61 Å². The molecule has 1 fully saturated rings. The Kier molecular flexibility index (Phi) is 2.82. The highest BCUT2D eigenvalue weighted by Crippen LogP contribution is 2.47. The van der Waals surface area contributed by atoms with Crippen LogP contribution in [0.4, 0.5) is 0 Å². The van der Waals surface area contributed by atoms with Crippen LogP contribution in [0.25, 0.3) is 10.8 Å². The van der Waals surface area contributed by atoms with Crippen LogP contribution in [0.2, 0.25) is 0 Å². The number of benzene rings is 1. The summed E-state index contributed by atoms with van der Waals surface area (Å²) in [7, 11) is -1.45. The van der Waals surface area contributed by atoms with Crippen LogP contribution >= 0.6 is 0 Å². The summed E-state index contributed by atoms with van der Waals surface area (Å²) in [6, 6.07) is 7.20. The molecule has 92 valence electrons. The molecule has 2 atom stereocenters. The summed E-state index contributed by atoms with van der Waals surface area (Å²) >= 11 is 0. The van der Waals surface area contributed by atoms with Crippen LogP contribution in [0.3, 0.4) is 0 Å². The second kappa shape index (κ2) is 4.35. The number of fused-ring (bicyclic) bond motifs is 1. The minimum atomic E-state index is -1.45. The van der Waals surface area contributed by atoms with Gasteiger partial charge in [-0.25, -0.2) is 0 Å². The van der Waals surface area contributed by atoms with Crippen molar-refractivity contribution in [3.8, 4) is 0 Å². The smallest absolute Gasteiger partial charge is 0.423 e. The third-order valence-corrected chi connectivity index (χ3v) is 3.63. The summed E-state index contributed by atoms with van der Waals surface area (Å²) in [6.07, 6.45) is 2.71. The molecular weight excluding hydrogens is 229 g/mol. The number of rotatable bonds is 3. The lowest BCUT2D eigenvalue weighted by Crippen LogP contribution is -2.29. The van der Waals surface area contributed by atoms with Gasteiger partial charge in [0.1, 0.15) is 0 Å². The van der Waals surface area contributed by atoms with E-state index in [9.17, 15) is 0 Å². The summed E-state index contributed by atoms with van der Waals surface area (Å²) in [6.45, 7) is 0.205. The molecule has 2 aromatic rings. The lowest BCUT2D eigenvalue weighted by Gasteiger charge is -2.07. The van der Waals surface area contributed by atoms with Gasteiger partial charge in [-0.2, -0.15) is 0 Å². The maximum absolute atomic E-state index is 9.16. The van der Waals surface area contributed by atoms with Crippen LogP contribution < -0.4 is 5.46 Å². The number of hydrogen-bond donors (Lipinski definition) is 3. The predicted molar refractivity (Wildman–Crippen MR) is 69.5 cm³/mol. The lowest BCUT2D eigenvalue weighted by atomic mass is 9.79. The van der Waals surface area contributed by atoms with E-state index in [1.807, 2.05) is 12.1 Å². The minimum Gasteiger partial charge on any atom is -0.423 e. The number of nitrogens with zero attached hydrogens (tertiary/aromatic N) is 1. The van der Waals surface area contributed by atoms with Gasteiger partial charge in [-0.05, 0) is 29.3 Å². The molecule has 1 aromatic carbocycles. The van der Waals surface area contributed by atoms with E-state index in [0.717, 1.165) is 22.9 Å². The maximum atomic E-state index is 9.16. The zero-order valence-corrected chi connectivity index (χ0v) is 9.82. The Morgan fingerprint density at radius 2 is 2.11 bits per heavy atom. The Labute approximate surface area is 105 Å². The fourth-order valence-corrected chi connectivity index (χ4v) is 2.46. The Balaban J connectivity index is 2.06. The molecule has 0 unspecified atom stereocenters. The molecule has 0 aliphatic heterocycles. The molecule has 1 saturated carbocycles. The van der Waals surface area contributed by atoms with Crippen molar-refractivity contribution in [1.29, 1.82) is 0 Å². The van der Waals surface area contributed by atoms with E-state index in [2.05, 4.69) is 4.98 Å². The molecule has 18 heavy (non-hydrogen) atoms. The van der Waals surface area contributed by atoms with E-state index in [1.54, 1.807) is 18.3 Å². The fraction of sp³-hybridized carbons (Fsp3) is 0.308. The summed E-state index contributed by atoms with van der Waals surface area (Å²) in [4.78, 5) is 4.41. The van der Waals surface area contributed by atoms with Gasteiger partial charge in [0.25, 0.3) is 0 Å². The molecule has 4 nitrogen and oxygen atoms in total. The molecular formula is C13H14BNO3. The highest BCUT2D eigenvalue weighted by Gasteiger charge is 2.39. The predicted octanol–water partition coefficient (Wildman–Crippen LogP) is 0.0104. The van der Waals surface area contributed by atoms with Crippen LogP contribution in [0.1, 0.15) is 18.0 Å². The Hall–Kier alpha value is -1.43. The molecule has 5 heteroatoms. The molecule has 3 rings (SSSR count). The molecule has 1 heterocycles. The van der Waals surface area contributed by atoms with Gasteiger partial charge in [-0.15, -0.1) is 0 Å². The highest BCUT2D eigenvalue weighted by atomic mass is 16.4. The molecule has 0 bridgehead atoms. The monoisotopic (exact) mass is 243 g/mol. The first-order chi connectivity index (χ1) is 8.70. The molecule has 0 spiro atoms. The van der Waals surface area contributed by atoms with Crippen LogP contribution in [0, 0.1) is 5.92 Å². The molecule has 0 saturated heterocycles. The fourth-order valence-electron chi connectivity index (χ4n) is 2.46. The van der Waals surface area contributed by atoms with Crippen LogP contribution in [0.15, 0.2) is 30.5 Å². The number of aliphatic hydroxyl groups excluding tert-OH is 1. The van der Waals surface area contributed by atoms with Crippen molar-refractivity contribution in [3.05, 3.63) is 36.2 Å². The third kappa shape index (κ3) is 1.90.